The first kappa shape index (κ1) is 22.1. The Hall–Kier alpha value is -2.17. The van der Waals surface area contributed by atoms with Gasteiger partial charge in [0.1, 0.15) is 17.8 Å². The maximum atomic E-state index is 12.8. The Bertz CT molecular complexity index is 1040. The van der Waals surface area contributed by atoms with Crippen molar-refractivity contribution in [3.8, 4) is 17.6 Å². The SMILES string of the molecule is CCOP(C)(=O)c1cc(C#Cc2ccc(OC)cc2)cc(COS(C)(=O)=O)n1. The summed E-state index contributed by atoms with van der Waals surface area (Å²) in [5.74, 6) is 6.70. The van der Waals surface area contributed by atoms with Gasteiger partial charge in [-0.15, -0.1) is 0 Å². The third kappa shape index (κ3) is 6.77. The van der Waals surface area contributed by atoms with E-state index in [-0.39, 0.29) is 18.6 Å². The number of hydrogen-bond acceptors (Lipinski definition) is 7. The Kier molecular flexibility index (Phi) is 7.39. The van der Waals surface area contributed by atoms with Gasteiger partial charge in [-0.1, -0.05) is 11.8 Å². The summed E-state index contributed by atoms with van der Waals surface area (Å²) in [4.78, 5) is 4.24. The summed E-state index contributed by atoms with van der Waals surface area (Å²) in [7, 11) is -5.23. The molecule has 1 aromatic heterocycles. The number of nitrogens with zero attached hydrogens (tertiary/aromatic N) is 1. The van der Waals surface area contributed by atoms with Crippen molar-refractivity contribution in [1.29, 1.82) is 0 Å². The van der Waals surface area contributed by atoms with E-state index in [1.165, 1.54) is 6.66 Å². The molecule has 0 aliphatic rings. The highest BCUT2D eigenvalue weighted by Gasteiger charge is 2.22. The predicted molar refractivity (Wildman–Crippen MR) is 108 cm³/mol. The van der Waals surface area contributed by atoms with Crippen molar-refractivity contribution >= 4 is 22.9 Å². The fourth-order valence-corrected chi connectivity index (χ4v) is 3.87. The first-order chi connectivity index (χ1) is 13.1. The maximum Gasteiger partial charge on any atom is 0.264 e. The average Bonchev–Trinajstić information content (AvgIpc) is 2.64. The molecule has 7 nitrogen and oxygen atoms in total. The molecule has 1 atom stereocenters. The Morgan fingerprint density at radius 1 is 1.11 bits per heavy atom. The van der Waals surface area contributed by atoms with Crippen LogP contribution in [-0.4, -0.2) is 40.0 Å². The van der Waals surface area contributed by atoms with E-state index in [1.807, 2.05) is 12.1 Å². The van der Waals surface area contributed by atoms with Crippen LogP contribution in [0.2, 0.25) is 0 Å². The summed E-state index contributed by atoms with van der Waals surface area (Å²) < 4.78 is 50.5. The summed E-state index contributed by atoms with van der Waals surface area (Å²) in [5, 5.41) is 0. The topological polar surface area (TPSA) is 91.8 Å². The van der Waals surface area contributed by atoms with Gasteiger partial charge >= 0.3 is 0 Å². The van der Waals surface area contributed by atoms with E-state index in [2.05, 4.69) is 16.8 Å². The second-order valence-corrected chi connectivity index (χ2v) is 9.97. The van der Waals surface area contributed by atoms with Crippen LogP contribution in [0.5, 0.6) is 5.75 Å². The molecule has 9 heteroatoms. The number of ether oxygens (including phenoxy) is 1. The predicted octanol–water partition coefficient (Wildman–Crippen LogP) is 2.54. The van der Waals surface area contributed by atoms with Gasteiger partial charge in [0.15, 0.2) is 0 Å². The molecule has 1 aromatic carbocycles. The molecular formula is C19H22NO6PS. The molecule has 0 aliphatic heterocycles. The van der Waals surface area contributed by atoms with Gasteiger partial charge in [0.25, 0.3) is 10.1 Å². The number of rotatable bonds is 7. The third-order valence-electron chi connectivity index (χ3n) is 3.52. The van der Waals surface area contributed by atoms with Gasteiger partial charge in [-0.05, 0) is 43.3 Å². The molecule has 0 saturated heterocycles. The molecule has 1 heterocycles. The highest BCUT2D eigenvalue weighted by molar-refractivity contribution is 7.85. The van der Waals surface area contributed by atoms with Gasteiger partial charge in [-0.3, -0.25) is 8.75 Å². The lowest BCUT2D eigenvalue weighted by Crippen LogP contribution is -2.15. The first-order valence-corrected chi connectivity index (χ1v) is 12.3. The summed E-state index contributed by atoms with van der Waals surface area (Å²) in [6.07, 6.45) is 0.951. The van der Waals surface area contributed by atoms with E-state index in [0.29, 0.717) is 11.3 Å². The average molecular weight is 423 g/mol. The van der Waals surface area contributed by atoms with Crippen molar-refractivity contribution in [2.75, 3.05) is 26.6 Å². The zero-order valence-corrected chi connectivity index (χ0v) is 17.8. The number of benzene rings is 1. The van der Waals surface area contributed by atoms with Crippen LogP contribution in [0.15, 0.2) is 36.4 Å². The van der Waals surface area contributed by atoms with Crippen molar-refractivity contribution in [3.63, 3.8) is 0 Å². The second kappa shape index (κ2) is 9.35. The largest absolute Gasteiger partial charge is 0.497 e. The Morgan fingerprint density at radius 3 is 2.32 bits per heavy atom. The number of methoxy groups -OCH3 is 1. The van der Waals surface area contributed by atoms with E-state index >= 15 is 0 Å². The molecular weight excluding hydrogens is 401 g/mol. The van der Waals surface area contributed by atoms with Crippen LogP contribution in [0.4, 0.5) is 0 Å². The summed E-state index contributed by atoms with van der Waals surface area (Å²) in [5.41, 5.74) is 1.79. The number of hydrogen-bond donors (Lipinski definition) is 0. The quantitative estimate of drug-likeness (QED) is 0.384. The minimum atomic E-state index is -3.64. The molecule has 0 bridgehead atoms. The lowest BCUT2D eigenvalue weighted by Gasteiger charge is -2.13. The van der Waals surface area contributed by atoms with Crippen LogP contribution in [-0.2, 0) is 30.0 Å². The van der Waals surface area contributed by atoms with Crippen molar-refractivity contribution in [3.05, 3.63) is 53.2 Å². The van der Waals surface area contributed by atoms with Gasteiger partial charge in [-0.25, -0.2) is 4.98 Å². The summed E-state index contributed by atoms with van der Waals surface area (Å²) >= 11 is 0. The molecule has 0 fully saturated rings. The van der Waals surface area contributed by atoms with Gasteiger partial charge in [0.05, 0.1) is 25.7 Å². The normalized spacial score (nSPS) is 13.3. The van der Waals surface area contributed by atoms with E-state index in [0.717, 1.165) is 17.6 Å². The lowest BCUT2D eigenvalue weighted by atomic mass is 10.2. The zero-order valence-electron chi connectivity index (χ0n) is 16.1. The van der Waals surface area contributed by atoms with Gasteiger partial charge in [0.2, 0.25) is 7.37 Å². The van der Waals surface area contributed by atoms with Crippen molar-refractivity contribution in [2.24, 2.45) is 0 Å². The summed E-state index contributed by atoms with van der Waals surface area (Å²) in [6.45, 7) is 3.17. The second-order valence-electron chi connectivity index (χ2n) is 5.91. The molecule has 0 saturated carbocycles. The van der Waals surface area contributed by atoms with Gasteiger partial charge in [-0.2, -0.15) is 8.42 Å². The van der Waals surface area contributed by atoms with E-state index in [9.17, 15) is 13.0 Å². The highest BCUT2D eigenvalue weighted by Crippen LogP contribution is 2.40. The Morgan fingerprint density at radius 2 is 1.75 bits per heavy atom. The van der Waals surface area contributed by atoms with Crippen LogP contribution in [0.1, 0.15) is 23.7 Å². The standard InChI is InChI=1S/C19H22NO6PS/c1-5-25-27(3,21)19-13-16(12-17(20-19)14-26-28(4,22)23)7-6-15-8-10-18(24-2)11-9-15/h8-13H,5,14H2,1-4H3. The maximum absolute atomic E-state index is 12.8. The molecule has 0 spiro atoms. The molecule has 150 valence electrons. The van der Waals surface area contributed by atoms with Crippen molar-refractivity contribution in [2.45, 2.75) is 13.5 Å². The van der Waals surface area contributed by atoms with E-state index < -0.39 is 17.5 Å². The fraction of sp³-hybridized carbons (Fsp3) is 0.316. The van der Waals surface area contributed by atoms with Gasteiger partial charge in [0, 0.05) is 17.8 Å². The molecule has 28 heavy (non-hydrogen) atoms. The molecule has 0 radical (unpaired) electrons. The van der Waals surface area contributed by atoms with E-state index in [1.54, 1.807) is 38.3 Å². The van der Waals surface area contributed by atoms with Crippen LogP contribution in [0.3, 0.4) is 0 Å². The zero-order chi connectivity index (χ0) is 20.8. The monoisotopic (exact) mass is 423 g/mol. The van der Waals surface area contributed by atoms with Crippen LogP contribution >= 0.6 is 7.37 Å². The van der Waals surface area contributed by atoms with Gasteiger partial charge < -0.3 is 9.26 Å². The molecule has 0 N–H and O–H groups in total. The Labute approximate surface area is 165 Å². The third-order valence-corrected chi connectivity index (χ3v) is 5.88. The molecule has 2 rings (SSSR count). The molecule has 0 amide bonds. The molecule has 1 unspecified atom stereocenters. The minimum Gasteiger partial charge on any atom is -0.497 e. The fourth-order valence-electron chi connectivity index (χ4n) is 2.22. The summed E-state index contributed by atoms with van der Waals surface area (Å²) in [6, 6.07) is 10.4. The highest BCUT2D eigenvalue weighted by atomic mass is 32.2. The number of aromatic nitrogens is 1. The Balaban J connectivity index is 2.41. The lowest BCUT2D eigenvalue weighted by molar-refractivity contribution is 0.307. The number of pyridine rings is 1. The van der Waals surface area contributed by atoms with E-state index in [4.69, 9.17) is 13.4 Å². The van der Waals surface area contributed by atoms with Crippen molar-refractivity contribution < 1.29 is 26.4 Å². The van der Waals surface area contributed by atoms with Crippen LogP contribution in [0.25, 0.3) is 0 Å². The minimum absolute atomic E-state index is 0.211. The first-order valence-electron chi connectivity index (χ1n) is 8.37. The van der Waals surface area contributed by atoms with Crippen molar-refractivity contribution in [1.82, 2.24) is 4.98 Å². The molecule has 0 aliphatic carbocycles. The van der Waals surface area contributed by atoms with Crippen LogP contribution in [0, 0.1) is 11.8 Å². The smallest absolute Gasteiger partial charge is 0.264 e. The molecule has 2 aromatic rings. The van der Waals surface area contributed by atoms with Crippen LogP contribution < -0.4 is 10.2 Å².